The summed E-state index contributed by atoms with van der Waals surface area (Å²) < 4.78 is 19.9. The Morgan fingerprint density at radius 3 is 2.67 bits per heavy atom. The molecule has 2 unspecified atom stereocenters. The maximum absolute atomic E-state index is 13.3. The summed E-state index contributed by atoms with van der Waals surface area (Å²) in [5.41, 5.74) is 0.965. The molecule has 2 nitrogen and oxygen atoms in total. The molecule has 18 heavy (non-hydrogen) atoms. The summed E-state index contributed by atoms with van der Waals surface area (Å²) in [5, 5.41) is 3.26. The van der Waals surface area contributed by atoms with Crippen LogP contribution < -0.4 is 5.32 Å². The van der Waals surface area contributed by atoms with Crippen molar-refractivity contribution in [1.82, 2.24) is 5.32 Å². The van der Waals surface area contributed by atoms with Crippen LogP contribution in [0.2, 0.25) is 0 Å². The second kappa shape index (κ2) is 7.87. The minimum atomic E-state index is -0.201. The van der Waals surface area contributed by atoms with Gasteiger partial charge in [0.2, 0.25) is 0 Å². The monoisotopic (exact) mass is 317 g/mol. The fourth-order valence-corrected chi connectivity index (χ4v) is 2.50. The summed E-state index contributed by atoms with van der Waals surface area (Å²) in [6.07, 6.45) is 1.83. The van der Waals surface area contributed by atoms with E-state index in [-0.39, 0.29) is 18.0 Å². The zero-order valence-electron chi connectivity index (χ0n) is 11.2. The molecule has 0 amide bonds. The molecular formula is C14H21BrFNO. The lowest BCUT2D eigenvalue weighted by atomic mass is 9.99. The van der Waals surface area contributed by atoms with Gasteiger partial charge in [-0.25, -0.2) is 4.39 Å². The number of benzene rings is 1. The Bertz CT molecular complexity index is 373. The lowest BCUT2D eigenvalue weighted by molar-refractivity contribution is 0.0338. The Balaban J connectivity index is 2.81. The lowest BCUT2D eigenvalue weighted by Crippen LogP contribution is -2.41. The van der Waals surface area contributed by atoms with Crippen LogP contribution in [0.3, 0.4) is 0 Å². The topological polar surface area (TPSA) is 21.3 Å². The average Bonchev–Trinajstić information content (AvgIpc) is 2.37. The van der Waals surface area contributed by atoms with E-state index in [1.54, 1.807) is 12.1 Å². The molecule has 0 saturated heterocycles. The first-order chi connectivity index (χ1) is 8.62. The van der Waals surface area contributed by atoms with Gasteiger partial charge in [0.15, 0.2) is 0 Å². The third-order valence-corrected chi connectivity index (χ3v) is 3.82. The molecule has 0 aromatic heterocycles. The Morgan fingerprint density at radius 1 is 1.39 bits per heavy atom. The normalized spacial score (nSPS) is 14.5. The fourth-order valence-electron chi connectivity index (χ4n) is 2.09. The molecule has 0 heterocycles. The van der Waals surface area contributed by atoms with Crippen LogP contribution in [0.25, 0.3) is 0 Å². The molecule has 1 N–H and O–H groups in total. The van der Waals surface area contributed by atoms with Gasteiger partial charge in [-0.05, 0) is 50.6 Å². The predicted octanol–water partition coefficient (Wildman–Crippen LogP) is 3.53. The molecule has 0 aliphatic heterocycles. The van der Waals surface area contributed by atoms with E-state index in [2.05, 4.69) is 28.2 Å². The van der Waals surface area contributed by atoms with E-state index in [0.29, 0.717) is 6.61 Å². The maximum atomic E-state index is 13.3. The molecule has 0 radical (unpaired) electrons. The van der Waals surface area contributed by atoms with Crippen LogP contribution in [-0.2, 0) is 11.2 Å². The summed E-state index contributed by atoms with van der Waals surface area (Å²) in [6.45, 7) is 4.79. The highest BCUT2D eigenvalue weighted by Gasteiger charge is 2.20. The summed E-state index contributed by atoms with van der Waals surface area (Å²) >= 11 is 3.46. The predicted molar refractivity (Wildman–Crippen MR) is 76.4 cm³/mol. The molecule has 2 atom stereocenters. The summed E-state index contributed by atoms with van der Waals surface area (Å²) in [5.74, 6) is -0.201. The minimum absolute atomic E-state index is 0.148. The minimum Gasteiger partial charge on any atom is -0.377 e. The Morgan fingerprint density at radius 2 is 2.11 bits per heavy atom. The van der Waals surface area contributed by atoms with Crippen molar-refractivity contribution in [3.63, 3.8) is 0 Å². The van der Waals surface area contributed by atoms with Crippen molar-refractivity contribution in [2.45, 2.75) is 38.8 Å². The molecule has 0 spiro atoms. The molecule has 1 aromatic rings. The highest BCUT2D eigenvalue weighted by atomic mass is 79.9. The van der Waals surface area contributed by atoms with Crippen molar-refractivity contribution in [2.24, 2.45) is 0 Å². The number of hydrogen-bond donors (Lipinski definition) is 1. The zero-order chi connectivity index (χ0) is 13.5. The first-order valence-corrected chi connectivity index (χ1v) is 7.14. The molecule has 1 rings (SSSR count). The fraction of sp³-hybridized carbons (Fsp3) is 0.571. The number of rotatable bonds is 7. The van der Waals surface area contributed by atoms with Crippen molar-refractivity contribution in [1.29, 1.82) is 0 Å². The third kappa shape index (κ3) is 4.34. The van der Waals surface area contributed by atoms with E-state index in [1.165, 1.54) is 6.07 Å². The molecule has 0 aliphatic rings. The molecule has 0 saturated carbocycles. The van der Waals surface area contributed by atoms with Gasteiger partial charge >= 0.3 is 0 Å². The van der Waals surface area contributed by atoms with Crippen molar-refractivity contribution < 1.29 is 9.13 Å². The largest absolute Gasteiger partial charge is 0.377 e. The lowest BCUT2D eigenvalue weighted by Gasteiger charge is -2.26. The Labute approximate surface area is 117 Å². The third-order valence-electron chi connectivity index (χ3n) is 3.05. The Hall–Kier alpha value is -0.450. The number of hydrogen-bond acceptors (Lipinski definition) is 2. The van der Waals surface area contributed by atoms with E-state index < -0.39 is 0 Å². The van der Waals surface area contributed by atoms with Gasteiger partial charge in [0.25, 0.3) is 0 Å². The SMILES string of the molecule is CCOC(CC)C(Cc1cc(F)ccc1Br)NC. The van der Waals surface area contributed by atoms with E-state index in [1.807, 2.05) is 14.0 Å². The first-order valence-electron chi connectivity index (χ1n) is 6.35. The van der Waals surface area contributed by atoms with Crippen LogP contribution >= 0.6 is 15.9 Å². The summed E-state index contributed by atoms with van der Waals surface area (Å²) in [7, 11) is 1.92. The maximum Gasteiger partial charge on any atom is 0.123 e. The molecular weight excluding hydrogens is 297 g/mol. The van der Waals surface area contributed by atoms with E-state index in [9.17, 15) is 4.39 Å². The molecule has 0 aliphatic carbocycles. The van der Waals surface area contributed by atoms with E-state index in [4.69, 9.17) is 4.74 Å². The quantitative estimate of drug-likeness (QED) is 0.830. The van der Waals surface area contributed by atoms with Gasteiger partial charge in [0.1, 0.15) is 5.82 Å². The highest BCUT2D eigenvalue weighted by molar-refractivity contribution is 9.10. The van der Waals surface area contributed by atoms with Gasteiger partial charge < -0.3 is 10.1 Å². The number of halogens is 2. The Kier molecular flexibility index (Phi) is 6.82. The number of ether oxygens (including phenoxy) is 1. The second-order valence-corrected chi connectivity index (χ2v) is 5.09. The van der Waals surface area contributed by atoms with Gasteiger partial charge in [-0.2, -0.15) is 0 Å². The summed E-state index contributed by atoms with van der Waals surface area (Å²) in [6, 6.07) is 4.97. The van der Waals surface area contributed by atoms with Crippen LogP contribution in [0.1, 0.15) is 25.8 Å². The van der Waals surface area contributed by atoms with Crippen molar-refractivity contribution in [2.75, 3.05) is 13.7 Å². The smallest absolute Gasteiger partial charge is 0.123 e. The van der Waals surface area contributed by atoms with Gasteiger partial charge in [0.05, 0.1) is 6.10 Å². The van der Waals surface area contributed by atoms with Crippen molar-refractivity contribution in [3.8, 4) is 0 Å². The van der Waals surface area contributed by atoms with Crippen LogP contribution in [-0.4, -0.2) is 25.8 Å². The number of likely N-dealkylation sites (N-methyl/N-ethyl adjacent to an activating group) is 1. The molecule has 102 valence electrons. The van der Waals surface area contributed by atoms with E-state index >= 15 is 0 Å². The molecule has 0 bridgehead atoms. The van der Waals surface area contributed by atoms with Gasteiger partial charge in [-0.3, -0.25) is 0 Å². The van der Waals surface area contributed by atoms with Gasteiger partial charge in [-0.1, -0.05) is 22.9 Å². The number of nitrogens with one attached hydrogen (secondary N) is 1. The van der Waals surface area contributed by atoms with Crippen molar-refractivity contribution >= 4 is 15.9 Å². The zero-order valence-corrected chi connectivity index (χ0v) is 12.8. The summed E-state index contributed by atoms with van der Waals surface area (Å²) in [4.78, 5) is 0. The molecule has 1 aromatic carbocycles. The van der Waals surface area contributed by atoms with E-state index in [0.717, 1.165) is 22.9 Å². The van der Waals surface area contributed by atoms with Crippen LogP contribution in [0.15, 0.2) is 22.7 Å². The standard InChI is InChI=1S/C14H21BrFNO/c1-4-14(18-5-2)13(17-3)9-10-8-11(16)6-7-12(10)15/h6-8,13-14,17H,4-5,9H2,1-3H3. The van der Waals surface area contributed by atoms with Gasteiger partial charge in [0, 0.05) is 17.1 Å². The first kappa shape index (κ1) is 15.6. The molecule has 4 heteroatoms. The van der Waals surface area contributed by atoms with Crippen LogP contribution in [0.4, 0.5) is 4.39 Å². The molecule has 0 fully saturated rings. The van der Waals surface area contributed by atoms with Crippen molar-refractivity contribution in [3.05, 3.63) is 34.1 Å². The second-order valence-electron chi connectivity index (χ2n) is 4.24. The average molecular weight is 318 g/mol. The van der Waals surface area contributed by atoms with Gasteiger partial charge in [-0.15, -0.1) is 0 Å². The van der Waals surface area contributed by atoms with Crippen LogP contribution in [0, 0.1) is 5.82 Å². The van der Waals surface area contributed by atoms with Crippen LogP contribution in [0.5, 0.6) is 0 Å². The highest BCUT2D eigenvalue weighted by Crippen LogP contribution is 2.21.